The van der Waals surface area contributed by atoms with E-state index in [1.807, 2.05) is 6.07 Å². The van der Waals surface area contributed by atoms with Crippen LogP contribution in [-0.4, -0.2) is 31.9 Å². The molecule has 32 heavy (non-hydrogen) atoms. The van der Waals surface area contributed by atoms with Crippen molar-refractivity contribution in [3.8, 4) is 28.4 Å². The maximum absolute atomic E-state index is 13.2. The zero-order valence-electron chi connectivity index (χ0n) is 18.6. The molecule has 2 aromatic carbocycles. The summed E-state index contributed by atoms with van der Waals surface area (Å²) in [6.45, 7) is 5.29. The Morgan fingerprint density at radius 2 is 1.62 bits per heavy atom. The summed E-state index contributed by atoms with van der Waals surface area (Å²) in [6, 6.07) is 14.0. The van der Waals surface area contributed by atoms with Gasteiger partial charge in [-0.2, -0.15) is 0 Å². The molecule has 0 unspecified atom stereocenters. The second kappa shape index (κ2) is 9.74. The van der Waals surface area contributed by atoms with E-state index in [4.69, 9.17) is 18.9 Å². The maximum atomic E-state index is 13.2. The maximum Gasteiger partial charge on any atom is 0.412 e. The highest BCUT2D eigenvalue weighted by Gasteiger charge is 2.26. The number of amides is 1. The molecule has 168 valence electrons. The SMILES string of the molecule is COc1ccc(-c2csc(NC(=O)OC(C)(C)C)c2C(=O)Oc2ccccc2)cc1OC. The number of hydrogen-bond acceptors (Lipinski definition) is 7. The van der Waals surface area contributed by atoms with Gasteiger partial charge in [0, 0.05) is 10.9 Å². The smallest absolute Gasteiger partial charge is 0.412 e. The van der Waals surface area contributed by atoms with E-state index in [9.17, 15) is 9.59 Å². The van der Waals surface area contributed by atoms with Crippen molar-refractivity contribution in [1.82, 2.24) is 0 Å². The van der Waals surface area contributed by atoms with Crippen molar-refractivity contribution < 1.29 is 28.5 Å². The van der Waals surface area contributed by atoms with Gasteiger partial charge in [0.1, 0.15) is 21.9 Å². The first-order valence-corrected chi connectivity index (χ1v) is 10.7. The van der Waals surface area contributed by atoms with E-state index < -0.39 is 17.7 Å². The molecule has 0 spiro atoms. The molecule has 0 aliphatic rings. The highest BCUT2D eigenvalue weighted by atomic mass is 32.1. The van der Waals surface area contributed by atoms with Crippen molar-refractivity contribution in [2.24, 2.45) is 0 Å². The molecule has 0 aliphatic heterocycles. The molecule has 0 bridgehead atoms. The summed E-state index contributed by atoms with van der Waals surface area (Å²) < 4.78 is 21.6. The molecule has 8 heteroatoms. The summed E-state index contributed by atoms with van der Waals surface area (Å²) in [4.78, 5) is 25.5. The number of carbonyl (C=O) groups excluding carboxylic acids is 2. The second-order valence-electron chi connectivity index (χ2n) is 7.75. The number of thiophene rings is 1. The van der Waals surface area contributed by atoms with Crippen LogP contribution in [0.4, 0.5) is 9.80 Å². The van der Waals surface area contributed by atoms with Crippen LogP contribution in [0.15, 0.2) is 53.9 Å². The van der Waals surface area contributed by atoms with Gasteiger partial charge in [-0.05, 0) is 50.6 Å². The summed E-state index contributed by atoms with van der Waals surface area (Å²) >= 11 is 1.20. The third-order valence-electron chi connectivity index (χ3n) is 4.26. The van der Waals surface area contributed by atoms with E-state index in [1.54, 1.807) is 75.7 Å². The van der Waals surface area contributed by atoms with Gasteiger partial charge in [0.05, 0.1) is 14.2 Å². The lowest BCUT2D eigenvalue weighted by atomic mass is 10.0. The number of benzene rings is 2. The van der Waals surface area contributed by atoms with E-state index in [0.29, 0.717) is 33.4 Å². The fourth-order valence-corrected chi connectivity index (χ4v) is 3.85. The molecule has 1 N–H and O–H groups in total. The summed E-state index contributed by atoms with van der Waals surface area (Å²) in [5.41, 5.74) is 0.828. The summed E-state index contributed by atoms with van der Waals surface area (Å²) in [6.07, 6.45) is -0.660. The molecule has 0 saturated carbocycles. The summed E-state index contributed by atoms with van der Waals surface area (Å²) in [5, 5.41) is 4.77. The van der Waals surface area contributed by atoms with Gasteiger partial charge in [0.25, 0.3) is 0 Å². The lowest BCUT2D eigenvalue weighted by Crippen LogP contribution is -2.27. The van der Waals surface area contributed by atoms with Crippen molar-refractivity contribution in [3.05, 3.63) is 59.5 Å². The zero-order valence-corrected chi connectivity index (χ0v) is 19.4. The van der Waals surface area contributed by atoms with Crippen LogP contribution in [0.3, 0.4) is 0 Å². The molecule has 7 nitrogen and oxygen atoms in total. The fourth-order valence-electron chi connectivity index (χ4n) is 2.91. The van der Waals surface area contributed by atoms with E-state index in [2.05, 4.69) is 5.32 Å². The van der Waals surface area contributed by atoms with Crippen molar-refractivity contribution in [2.45, 2.75) is 26.4 Å². The van der Waals surface area contributed by atoms with Gasteiger partial charge < -0.3 is 18.9 Å². The lowest BCUT2D eigenvalue weighted by molar-refractivity contribution is 0.0636. The quantitative estimate of drug-likeness (QED) is 0.363. The van der Waals surface area contributed by atoms with Gasteiger partial charge in [-0.25, -0.2) is 9.59 Å². The number of para-hydroxylation sites is 1. The van der Waals surface area contributed by atoms with E-state index in [-0.39, 0.29) is 5.56 Å². The van der Waals surface area contributed by atoms with Crippen molar-refractivity contribution in [2.75, 3.05) is 19.5 Å². The number of anilines is 1. The van der Waals surface area contributed by atoms with Crippen LogP contribution in [0, 0.1) is 0 Å². The molecule has 0 atom stereocenters. The Morgan fingerprint density at radius 3 is 2.25 bits per heavy atom. The monoisotopic (exact) mass is 455 g/mol. The number of hydrogen-bond donors (Lipinski definition) is 1. The molecule has 0 aliphatic carbocycles. The first-order valence-electron chi connectivity index (χ1n) is 9.83. The van der Waals surface area contributed by atoms with E-state index in [0.717, 1.165) is 0 Å². The summed E-state index contributed by atoms with van der Waals surface area (Å²) in [7, 11) is 3.09. The van der Waals surface area contributed by atoms with Crippen LogP contribution in [-0.2, 0) is 4.74 Å². The van der Waals surface area contributed by atoms with Crippen LogP contribution in [0.25, 0.3) is 11.1 Å². The van der Waals surface area contributed by atoms with Crippen molar-refractivity contribution >= 4 is 28.4 Å². The van der Waals surface area contributed by atoms with Crippen LogP contribution >= 0.6 is 11.3 Å². The molecule has 0 radical (unpaired) electrons. The number of rotatable bonds is 6. The highest BCUT2D eigenvalue weighted by molar-refractivity contribution is 7.15. The summed E-state index contributed by atoms with van der Waals surface area (Å²) in [5.74, 6) is 0.866. The molecule has 1 heterocycles. The number of nitrogens with one attached hydrogen (secondary N) is 1. The van der Waals surface area contributed by atoms with Gasteiger partial charge >= 0.3 is 12.1 Å². The Kier molecular flexibility index (Phi) is 7.05. The lowest BCUT2D eigenvalue weighted by Gasteiger charge is -2.19. The van der Waals surface area contributed by atoms with Crippen molar-refractivity contribution in [1.29, 1.82) is 0 Å². The molecule has 1 amide bonds. The number of methoxy groups -OCH3 is 2. The Bertz CT molecular complexity index is 1100. The topological polar surface area (TPSA) is 83.1 Å². The average molecular weight is 456 g/mol. The Labute approximate surface area is 190 Å². The molecular formula is C24H25NO6S. The molecule has 3 aromatic rings. The molecule has 0 saturated heterocycles. The first kappa shape index (κ1) is 23.1. The fraction of sp³-hybridized carbons (Fsp3) is 0.250. The van der Waals surface area contributed by atoms with Crippen molar-refractivity contribution in [3.63, 3.8) is 0 Å². The van der Waals surface area contributed by atoms with E-state index in [1.165, 1.54) is 18.4 Å². The minimum atomic E-state index is -0.682. The van der Waals surface area contributed by atoms with Gasteiger partial charge in [-0.15, -0.1) is 11.3 Å². The third kappa shape index (κ3) is 5.59. The number of ether oxygens (including phenoxy) is 4. The standard InChI is InChI=1S/C24H25NO6S/c1-24(2,3)31-23(27)25-21-20(22(26)30-16-9-7-6-8-10-16)17(14-32-21)15-11-12-18(28-4)19(13-15)29-5/h6-14H,1-5H3,(H,25,27). The predicted molar refractivity (Wildman–Crippen MR) is 124 cm³/mol. The average Bonchev–Trinajstić information content (AvgIpc) is 3.16. The first-order chi connectivity index (χ1) is 15.2. The Hall–Kier alpha value is -3.52. The van der Waals surface area contributed by atoms with Gasteiger partial charge in [-0.3, -0.25) is 5.32 Å². The van der Waals surface area contributed by atoms with Gasteiger partial charge in [-0.1, -0.05) is 24.3 Å². The molecule has 0 fully saturated rings. The van der Waals surface area contributed by atoms with Gasteiger partial charge in [0.2, 0.25) is 0 Å². The zero-order chi connectivity index (χ0) is 23.3. The number of esters is 1. The third-order valence-corrected chi connectivity index (χ3v) is 5.15. The minimum absolute atomic E-state index is 0.219. The van der Waals surface area contributed by atoms with Crippen LogP contribution < -0.4 is 19.5 Å². The Morgan fingerprint density at radius 1 is 0.938 bits per heavy atom. The number of carbonyl (C=O) groups is 2. The van der Waals surface area contributed by atoms with Crippen LogP contribution in [0.1, 0.15) is 31.1 Å². The van der Waals surface area contributed by atoms with Crippen LogP contribution in [0.2, 0.25) is 0 Å². The second-order valence-corrected chi connectivity index (χ2v) is 8.63. The Balaban J connectivity index is 2.02. The molecular weight excluding hydrogens is 430 g/mol. The largest absolute Gasteiger partial charge is 0.493 e. The van der Waals surface area contributed by atoms with Gasteiger partial charge in [0.15, 0.2) is 11.5 Å². The van der Waals surface area contributed by atoms with E-state index >= 15 is 0 Å². The predicted octanol–water partition coefficient (Wildman–Crippen LogP) is 6.00. The normalized spacial score (nSPS) is 10.9. The minimum Gasteiger partial charge on any atom is -0.493 e. The molecule has 3 rings (SSSR count). The highest BCUT2D eigenvalue weighted by Crippen LogP contribution is 2.40. The molecule has 1 aromatic heterocycles. The van der Waals surface area contributed by atoms with Crippen LogP contribution in [0.5, 0.6) is 17.2 Å².